The first-order valence-corrected chi connectivity index (χ1v) is 11.1. The first-order valence-electron chi connectivity index (χ1n) is 11.1. The molecular formula is C25H40. The summed E-state index contributed by atoms with van der Waals surface area (Å²) in [4.78, 5) is 0. The van der Waals surface area contributed by atoms with E-state index in [1.807, 2.05) is 0 Å². The van der Waals surface area contributed by atoms with Crippen molar-refractivity contribution >= 4 is 0 Å². The van der Waals surface area contributed by atoms with E-state index >= 15 is 0 Å². The molecule has 0 aromatic heterocycles. The largest absolute Gasteiger partial charge is 0.0654 e. The van der Waals surface area contributed by atoms with Gasteiger partial charge in [-0.15, -0.1) is 0 Å². The summed E-state index contributed by atoms with van der Waals surface area (Å²) in [7, 11) is 0. The lowest BCUT2D eigenvalue weighted by Gasteiger charge is -2.34. The van der Waals surface area contributed by atoms with Crippen molar-refractivity contribution in [1.82, 2.24) is 0 Å². The van der Waals surface area contributed by atoms with Crippen LogP contribution in [0.4, 0.5) is 0 Å². The van der Waals surface area contributed by atoms with Gasteiger partial charge in [0.1, 0.15) is 0 Å². The second-order valence-electron chi connectivity index (χ2n) is 9.41. The van der Waals surface area contributed by atoms with Gasteiger partial charge in [-0.3, -0.25) is 0 Å². The summed E-state index contributed by atoms with van der Waals surface area (Å²) >= 11 is 0. The molecule has 25 heavy (non-hydrogen) atoms. The Morgan fingerprint density at radius 1 is 0.720 bits per heavy atom. The monoisotopic (exact) mass is 340 g/mol. The van der Waals surface area contributed by atoms with Gasteiger partial charge in [0, 0.05) is 0 Å². The van der Waals surface area contributed by atoms with E-state index < -0.39 is 0 Å². The van der Waals surface area contributed by atoms with E-state index in [1.54, 1.807) is 5.56 Å². The summed E-state index contributed by atoms with van der Waals surface area (Å²) in [5.74, 6) is 3.97. The Balaban J connectivity index is 1.46. The van der Waals surface area contributed by atoms with Crippen LogP contribution in [0.1, 0.15) is 106 Å². The summed E-state index contributed by atoms with van der Waals surface area (Å²) in [6, 6.07) is 4.95. The van der Waals surface area contributed by atoms with Gasteiger partial charge < -0.3 is 0 Å². The highest BCUT2D eigenvalue weighted by Gasteiger charge is 2.27. The number of benzene rings is 1. The highest BCUT2D eigenvalue weighted by Crippen LogP contribution is 2.42. The van der Waals surface area contributed by atoms with Gasteiger partial charge in [-0.1, -0.05) is 57.6 Å². The van der Waals surface area contributed by atoms with Crippen LogP contribution in [0.25, 0.3) is 0 Å². The van der Waals surface area contributed by atoms with Crippen LogP contribution < -0.4 is 0 Å². The van der Waals surface area contributed by atoms with Crippen LogP contribution >= 0.6 is 0 Å². The van der Waals surface area contributed by atoms with Gasteiger partial charge in [0.2, 0.25) is 0 Å². The molecule has 0 heterocycles. The van der Waals surface area contributed by atoms with E-state index in [9.17, 15) is 0 Å². The molecular weight excluding hydrogens is 300 g/mol. The van der Waals surface area contributed by atoms with Crippen LogP contribution in [0.15, 0.2) is 12.1 Å². The quantitative estimate of drug-likeness (QED) is 0.511. The van der Waals surface area contributed by atoms with Gasteiger partial charge in [-0.05, 0) is 98.8 Å². The lowest BCUT2D eigenvalue weighted by molar-refractivity contribution is 0.200. The fourth-order valence-electron chi connectivity index (χ4n) is 5.67. The Labute approximate surface area is 156 Å². The van der Waals surface area contributed by atoms with Gasteiger partial charge in [0.15, 0.2) is 0 Å². The Hall–Kier alpha value is -0.780. The summed E-state index contributed by atoms with van der Waals surface area (Å²) < 4.78 is 0. The maximum atomic E-state index is 2.47. The highest BCUT2D eigenvalue weighted by molar-refractivity contribution is 5.38. The standard InChI is InChI=1S/C25H40/c1-5-6-21-7-9-22(10-8-21)17-23-11-13-24(14-12-23)25-15-18(2)20(4)19(3)16-25/h15-16,21-24H,5-14,17H2,1-4H3. The second-order valence-corrected chi connectivity index (χ2v) is 9.41. The maximum Gasteiger partial charge on any atom is -0.0162 e. The van der Waals surface area contributed by atoms with E-state index in [0.717, 1.165) is 23.7 Å². The zero-order valence-corrected chi connectivity index (χ0v) is 17.2. The van der Waals surface area contributed by atoms with E-state index in [0.29, 0.717) is 0 Å². The van der Waals surface area contributed by atoms with Crippen LogP contribution in [0.2, 0.25) is 0 Å². The summed E-state index contributed by atoms with van der Waals surface area (Å²) in [5.41, 5.74) is 6.08. The van der Waals surface area contributed by atoms with Gasteiger partial charge in [-0.2, -0.15) is 0 Å². The Kier molecular flexibility index (Phi) is 6.64. The van der Waals surface area contributed by atoms with Crippen molar-refractivity contribution in [1.29, 1.82) is 0 Å². The molecule has 0 heteroatoms. The molecule has 1 aromatic rings. The summed E-state index contributed by atoms with van der Waals surface area (Å²) in [6.45, 7) is 9.18. The van der Waals surface area contributed by atoms with Crippen LogP contribution in [0.5, 0.6) is 0 Å². The molecule has 0 nitrogen and oxygen atoms in total. The van der Waals surface area contributed by atoms with Crippen LogP contribution in [-0.4, -0.2) is 0 Å². The SMILES string of the molecule is CCCC1CCC(CC2CCC(c3cc(C)c(C)c(C)c3)CC2)CC1. The Morgan fingerprint density at radius 3 is 1.72 bits per heavy atom. The van der Waals surface area contributed by atoms with Crippen LogP contribution in [0.3, 0.4) is 0 Å². The van der Waals surface area contributed by atoms with E-state index in [4.69, 9.17) is 0 Å². The molecule has 0 atom stereocenters. The van der Waals surface area contributed by atoms with Crippen molar-refractivity contribution in [2.45, 2.75) is 104 Å². The molecule has 0 N–H and O–H groups in total. The first kappa shape index (κ1) is 19.0. The van der Waals surface area contributed by atoms with E-state index in [1.165, 1.54) is 87.3 Å². The minimum Gasteiger partial charge on any atom is -0.0654 e. The highest BCUT2D eigenvalue weighted by atomic mass is 14.3. The van der Waals surface area contributed by atoms with Gasteiger partial charge in [0.05, 0.1) is 0 Å². The van der Waals surface area contributed by atoms with E-state index in [2.05, 4.69) is 39.8 Å². The number of hydrogen-bond donors (Lipinski definition) is 0. The molecule has 0 aliphatic heterocycles. The van der Waals surface area contributed by atoms with E-state index in [-0.39, 0.29) is 0 Å². The lowest BCUT2D eigenvalue weighted by Crippen LogP contribution is -2.20. The third kappa shape index (κ3) is 4.89. The van der Waals surface area contributed by atoms with Gasteiger partial charge in [-0.25, -0.2) is 0 Å². The third-order valence-corrected chi connectivity index (χ3v) is 7.60. The minimum absolute atomic E-state index is 0.828. The number of aryl methyl sites for hydroxylation is 2. The molecule has 0 spiro atoms. The van der Waals surface area contributed by atoms with Crippen molar-refractivity contribution in [2.24, 2.45) is 17.8 Å². The zero-order valence-electron chi connectivity index (χ0n) is 17.2. The number of rotatable bonds is 5. The fraction of sp³-hybridized carbons (Fsp3) is 0.760. The topological polar surface area (TPSA) is 0 Å². The van der Waals surface area contributed by atoms with Crippen molar-refractivity contribution in [3.05, 3.63) is 34.4 Å². The van der Waals surface area contributed by atoms with Crippen molar-refractivity contribution in [3.8, 4) is 0 Å². The normalized spacial score (nSPS) is 30.4. The summed E-state index contributed by atoms with van der Waals surface area (Å²) in [6.07, 6.45) is 16.3. The molecule has 0 unspecified atom stereocenters. The van der Waals surface area contributed by atoms with Gasteiger partial charge >= 0.3 is 0 Å². The molecule has 2 saturated carbocycles. The molecule has 0 bridgehead atoms. The summed E-state index contributed by atoms with van der Waals surface area (Å²) in [5, 5.41) is 0. The smallest absolute Gasteiger partial charge is 0.0162 e. The Bertz CT molecular complexity index is 516. The molecule has 0 saturated heterocycles. The average Bonchev–Trinajstić information content (AvgIpc) is 2.62. The van der Waals surface area contributed by atoms with Crippen molar-refractivity contribution in [2.75, 3.05) is 0 Å². The first-order chi connectivity index (χ1) is 12.1. The molecule has 0 radical (unpaired) electrons. The third-order valence-electron chi connectivity index (χ3n) is 7.60. The molecule has 2 aliphatic rings. The Morgan fingerprint density at radius 2 is 1.20 bits per heavy atom. The van der Waals surface area contributed by atoms with Crippen LogP contribution in [0, 0.1) is 38.5 Å². The lowest BCUT2D eigenvalue weighted by atomic mass is 9.71. The predicted octanol–water partition coefficient (Wildman–Crippen LogP) is 7.88. The van der Waals surface area contributed by atoms with Crippen molar-refractivity contribution in [3.63, 3.8) is 0 Å². The molecule has 0 amide bonds. The second kappa shape index (κ2) is 8.74. The molecule has 2 aliphatic carbocycles. The molecule has 1 aromatic carbocycles. The minimum atomic E-state index is 0.828. The molecule has 2 fully saturated rings. The molecule has 140 valence electrons. The van der Waals surface area contributed by atoms with Crippen molar-refractivity contribution < 1.29 is 0 Å². The zero-order chi connectivity index (χ0) is 17.8. The maximum absolute atomic E-state index is 2.47. The number of hydrogen-bond acceptors (Lipinski definition) is 0. The van der Waals surface area contributed by atoms with Crippen LogP contribution in [-0.2, 0) is 0 Å². The molecule has 3 rings (SSSR count). The fourth-order valence-corrected chi connectivity index (χ4v) is 5.67. The van der Waals surface area contributed by atoms with Gasteiger partial charge in [0.25, 0.3) is 0 Å². The predicted molar refractivity (Wildman–Crippen MR) is 110 cm³/mol. The average molecular weight is 341 g/mol.